The fourth-order valence-electron chi connectivity index (χ4n) is 2.22. The summed E-state index contributed by atoms with van der Waals surface area (Å²) >= 11 is 5.66. The number of esters is 1. The van der Waals surface area contributed by atoms with Crippen LogP contribution in [-0.4, -0.2) is 35.8 Å². The number of carbonyl (C=O) groups excluding carboxylic acids is 2. The first-order valence-electron chi connectivity index (χ1n) is 7.58. The second-order valence-electron chi connectivity index (χ2n) is 5.44. The highest BCUT2D eigenvalue weighted by atomic mass is 35.5. The lowest BCUT2D eigenvalue weighted by Crippen LogP contribution is -2.69. The van der Waals surface area contributed by atoms with Crippen molar-refractivity contribution >= 4 is 29.3 Å². The molecule has 0 fully saturated rings. The number of carbonyl (C=O) groups is 2. The predicted octanol–water partition coefficient (Wildman–Crippen LogP) is 2.94. The molecule has 0 radical (unpaired) electrons. The zero-order valence-corrected chi connectivity index (χ0v) is 14.8. The summed E-state index contributed by atoms with van der Waals surface area (Å²) < 4.78 is 45.8. The molecule has 1 aromatic carbocycles. The van der Waals surface area contributed by atoms with Crippen LogP contribution in [0.4, 0.5) is 19.0 Å². The van der Waals surface area contributed by atoms with Crippen molar-refractivity contribution < 1.29 is 27.5 Å². The fourth-order valence-corrected chi connectivity index (χ4v) is 2.33. The molecule has 1 aromatic heterocycles. The number of ether oxygens (including phenoxy) is 1. The van der Waals surface area contributed by atoms with Crippen molar-refractivity contribution in [1.82, 2.24) is 10.3 Å². The van der Waals surface area contributed by atoms with E-state index >= 15 is 0 Å². The van der Waals surface area contributed by atoms with E-state index in [0.29, 0.717) is 5.56 Å². The van der Waals surface area contributed by atoms with Crippen LogP contribution in [0.15, 0.2) is 48.7 Å². The van der Waals surface area contributed by atoms with Crippen LogP contribution in [0.5, 0.6) is 0 Å². The standard InChI is InChI=1S/C17H15ClF3N3O3/c1-27-15(26)16(17(19,20)21,23-13-8-7-12(18)10-22-13)24-14(25)9-11-5-3-2-4-6-11/h2-8,10H,9H2,1H3,(H,22,23)(H,24,25)/t16-/m1/s1. The van der Waals surface area contributed by atoms with E-state index in [0.717, 1.165) is 19.4 Å². The van der Waals surface area contributed by atoms with Crippen molar-refractivity contribution in [3.05, 3.63) is 59.2 Å². The first-order valence-corrected chi connectivity index (χ1v) is 7.95. The Labute approximate surface area is 157 Å². The lowest BCUT2D eigenvalue weighted by molar-refractivity contribution is -0.206. The average molecular weight is 402 g/mol. The molecule has 2 N–H and O–H groups in total. The highest BCUT2D eigenvalue weighted by Crippen LogP contribution is 2.33. The van der Waals surface area contributed by atoms with Gasteiger partial charge >= 0.3 is 17.8 Å². The number of nitrogens with one attached hydrogen (secondary N) is 2. The van der Waals surface area contributed by atoms with Gasteiger partial charge in [-0.15, -0.1) is 0 Å². The number of methoxy groups -OCH3 is 1. The lowest BCUT2D eigenvalue weighted by atomic mass is 10.1. The molecule has 2 aromatic rings. The van der Waals surface area contributed by atoms with Crippen LogP contribution >= 0.6 is 11.6 Å². The topological polar surface area (TPSA) is 80.3 Å². The maximum Gasteiger partial charge on any atom is 0.441 e. The molecule has 27 heavy (non-hydrogen) atoms. The lowest BCUT2D eigenvalue weighted by Gasteiger charge is -2.34. The van der Waals surface area contributed by atoms with Crippen molar-refractivity contribution in [2.24, 2.45) is 0 Å². The minimum atomic E-state index is -5.23. The molecule has 0 saturated heterocycles. The molecule has 1 atom stereocenters. The van der Waals surface area contributed by atoms with Gasteiger partial charge < -0.3 is 15.4 Å². The largest absolute Gasteiger partial charge is 0.466 e. The Morgan fingerprint density at radius 1 is 1.15 bits per heavy atom. The Balaban J connectivity index is 2.36. The van der Waals surface area contributed by atoms with E-state index in [1.807, 2.05) is 5.32 Å². The fraction of sp³-hybridized carbons (Fsp3) is 0.235. The number of pyridine rings is 1. The van der Waals surface area contributed by atoms with Crippen LogP contribution in [0.3, 0.4) is 0 Å². The number of nitrogens with zero attached hydrogens (tertiary/aromatic N) is 1. The van der Waals surface area contributed by atoms with Crippen molar-refractivity contribution in [3.8, 4) is 0 Å². The van der Waals surface area contributed by atoms with Crippen LogP contribution in [0.1, 0.15) is 5.56 Å². The Bertz CT molecular complexity index is 801. The summed E-state index contributed by atoms with van der Waals surface area (Å²) in [6.07, 6.45) is -4.51. The summed E-state index contributed by atoms with van der Waals surface area (Å²) in [5.74, 6) is -3.11. The second-order valence-corrected chi connectivity index (χ2v) is 5.87. The summed E-state index contributed by atoms with van der Waals surface area (Å²) in [5, 5.41) is 3.82. The Kier molecular flexibility index (Phi) is 6.27. The number of hydrogen-bond donors (Lipinski definition) is 2. The van der Waals surface area contributed by atoms with Crippen LogP contribution in [-0.2, 0) is 20.7 Å². The number of halogens is 4. The van der Waals surface area contributed by atoms with Gasteiger partial charge in [-0.2, -0.15) is 13.2 Å². The summed E-state index contributed by atoms with van der Waals surface area (Å²) in [6.45, 7) is 0. The Morgan fingerprint density at radius 2 is 1.81 bits per heavy atom. The van der Waals surface area contributed by atoms with E-state index in [9.17, 15) is 22.8 Å². The van der Waals surface area contributed by atoms with Crippen molar-refractivity contribution in [3.63, 3.8) is 0 Å². The number of anilines is 1. The molecule has 0 unspecified atom stereocenters. The van der Waals surface area contributed by atoms with Gasteiger partial charge in [0.25, 0.3) is 0 Å². The molecule has 0 aliphatic rings. The number of amides is 1. The summed E-state index contributed by atoms with van der Waals surface area (Å²) in [6, 6.07) is 10.5. The molecule has 10 heteroatoms. The van der Waals surface area contributed by atoms with E-state index in [1.54, 1.807) is 35.6 Å². The molecule has 0 saturated carbocycles. The highest BCUT2D eigenvalue weighted by molar-refractivity contribution is 6.30. The summed E-state index contributed by atoms with van der Waals surface area (Å²) in [5.41, 5.74) is -3.05. The summed E-state index contributed by atoms with van der Waals surface area (Å²) in [7, 11) is 0.781. The highest BCUT2D eigenvalue weighted by Gasteiger charge is 2.63. The van der Waals surface area contributed by atoms with Gasteiger partial charge in [0.05, 0.1) is 18.6 Å². The number of rotatable bonds is 6. The van der Waals surface area contributed by atoms with E-state index in [4.69, 9.17) is 11.6 Å². The molecule has 1 heterocycles. The van der Waals surface area contributed by atoms with E-state index < -0.39 is 23.7 Å². The number of alkyl halides is 3. The first-order chi connectivity index (χ1) is 12.7. The van der Waals surface area contributed by atoms with Gasteiger partial charge in [-0.05, 0) is 17.7 Å². The number of hydrogen-bond acceptors (Lipinski definition) is 5. The van der Waals surface area contributed by atoms with E-state index in [-0.39, 0.29) is 17.3 Å². The zero-order valence-electron chi connectivity index (χ0n) is 14.0. The van der Waals surface area contributed by atoms with Gasteiger partial charge in [0.2, 0.25) is 5.91 Å². The van der Waals surface area contributed by atoms with Crippen LogP contribution in [0, 0.1) is 0 Å². The quantitative estimate of drug-likeness (QED) is 0.574. The van der Waals surface area contributed by atoms with Crippen LogP contribution in [0.2, 0.25) is 5.02 Å². The van der Waals surface area contributed by atoms with E-state index in [1.165, 1.54) is 6.07 Å². The SMILES string of the molecule is COC(=O)[C@](NC(=O)Cc1ccccc1)(Nc1ccc(Cl)cn1)C(F)(F)F. The first kappa shape index (κ1) is 20.5. The third kappa shape index (κ3) is 4.88. The summed E-state index contributed by atoms with van der Waals surface area (Å²) in [4.78, 5) is 28.0. The molecule has 6 nitrogen and oxygen atoms in total. The van der Waals surface area contributed by atoms with Gasteiger partial charge in [-0.25, -0.2) is 9.78 Å². The number of aromatic nitrogens is 1. The van der Waals surface area contributed by atoms with Gasteiger partial charge in [0.15, 0.2) is 0 Å². The maximum atomic E-state index is 13.8. The Morgan fingerprint density at radius 3 is 2.33 bits per heavy atom. The molecule has 1 amide bonds. The molecular formula is C17H15ClF3N3O3. The molecule has 0 spiro atoms. The molecule has 2 rings (SSSR count). The monoisotopic (exact) mass is 401 g/mol. The zero-order chi connectivity index (χ0) is 20.1. The Hall–Kier alpha value is -2.81. The normalized spacial score (nSPS) is 13.4. The van der Waals surface area contributed by atoms with E-state index in [2.05, 4.69) is 9.72 Å². The minimum Gasteiger partial charge on any atom is -0.466 e. The maximum absolute atomic E-state index is 13.8. The van der Waals surface area contributed by atoms with Crippen molar-refractivity contribution in [2.75, 3.05) is 12.4 Å². The van der Waals surface area contributed by atoms with Gasteiger partial charge in [-0.1, -0.05) is 41.9 Å². The smallest absolute Gasteiger partial charge is 0.441 e. The molecule has 144 valence electrons. The van der Waals surface area contributed by atoms with Crippen molar-refractivity contribution in [2.45, 2.75) is 18.3 Å². The third-order valence-corrected chi connectivity index (χ3v) is 3.72. The average Bonchev–Trinajstić information content (AvgIpc) is 2.62. The predicted molar refractivity (Wildman–Crippen MR) is 92.0 cm³/mol. The molecular weight excluding hydrogens is 387 g/mol. The van der Waals surface area contributed by atoms with Crippen molar-refractivity contribution in [1.29, 1.82) is 0 Å². The molecule has 0 aliphatic carbocycles. The second kappa shape index (κ2) is 8.26. The third-order valence-electron chi connectivity index (χ3n) is 3.49. The molecule has 0 aliphatic heterocycles. The molecule has 0 bridgehead atoms. The van der Waals surface area contributed by atoms with Crippen LogP contribution in [0.25, 0.3) is 0 Å². The number of benzene rings is 1. The van der Waals surface area contributed by atoms with Crippen LogP contribution < -0.4 is 10.6 Å². The van der Waals surface area contributed by atoms with Gasteiger partial charge in [0.1, 0.15) is 5.82 Å². The van der Waals surface area contributed by atoms with Gasteiger partial charge in [-0.3, -0.25) is 4.79 Å². The van der Waals surface area contributed by atoms with Gasteiger partial charge in [0, 0.05) is 6.20 Å². The minimum absolute atomic E-state index is 0.185.